The fraction of sp³-hybridized carbons (Fsp3) is 0.462. The summed E-state index contributed by atoms with van der Waals surface area (Å²) in [5.74, 6) is -0.795. The van der Waals surface area contributed by atoms with E-state index in [-0.39, 0.29) is 11.9 Å². The minimum absolute atomic E-state index is 0.0826. The number of carbonyl (C=O) groups is 2. The van der Waals surface area contributed by atoms with Crippen molar-refractivity contribution in [3.63, 3.8) is 0 Å². The molecule has 0 saturated carbocycles. The second-order valence-corrected chi connectivity index (χ2v) is 8.76. The van der Waals surface area contributed by atoms with Crippen LogP contribution in [0.15, 0.2) is 54.6 Å². The second-order valence-electron chi connectivity index (χ2n) is 8.76. The summed E-state index contributed by atoms with van der Waals surface area (Å²) < 4.78 is 4.87. The van der Waals surface area contributed by atoms with Crippen LogP contribution in [0.5, 0.6) is 0 Å². The third kappa shape index (κ3) is 6.10. The van der Waals surface area contributed by atoms with Crippen LogP contribution in [0.2, 0.25) is 0 Å². The fourth-order valence-electron chi connectivity index (χ4n) is 4.12. The Kier molecular flexibility index (Phi) is 8.28. The van der Waals surface area contributed by atoms with Crippen LogP contribution in [0.3, 0.4) is 0 Å². The molecular weight excluding hydrogens is 402 g/mol. The Morgan fingerprint density at radius 3 is 2.12 bits per heavy atom. The molecule has 1 heterocycles. The number of ether oxygens (including phenoxy) is 1. The normalized spacial score (nSPS) is 15.5. The lowest BCUT2D eigenvalue weighted by Gasteiger charge is -2.38. The zero-order valence-corrected chi connectivity index (χ0v) is 19.7. The lowest BCUT2D eigenvalue weighted by atomic mass is 10.1. The number of esters is 1. The van der Waals surface area contributed by atoms with Gasteiger partial charge in [0.25, 0.3) is 5.91 Å². The molecule has 2 aromatic rings. The Morgan fingerprint density at radius 1 is 0.938 bits per heavy atom. The molecule has 32 heavy (non-hydrogen) atoms. The van der Waals surface area contributed by atoms with E-state index in [1.54, 1.807) is 11.8 Å². The van der Waals surface area contributed by atoms with Gasteiger partial charge in [-0.25, -0.2) is 0 Å². The van der Waals surface area contributed by atoms with Crippen molar-refractivity contribution in [1.29, 1.82) is 0 Å². The minimum Gasteiger partial charge on any atom is -0.469 e. The summed E-state index contributed by atoms with van der Waals surface area (Å²) in [6, 6.07) is 18.3. The molecule has 172 valence electrons. The number of piperazine rings is 1. The molecule has 6 nitrogen and oxygen atoms in total. The Labute approximate surface area is 191 Å². The number of hydrogen-bond acceptors (Lipinski definition) is 5. The van der Waals surface area contributed by atoms with Crippen LogP contribution in [0.1, 0.15) is 36.7 Å². The van der Waals surface area contributed by atoms with Crippen molar-refractivity contribution in [3.8, 4) is 0 Å². The van der Waals surface area contributed by atoms with Crippen LogP contribution >= 0.6 is 0 Å². The molecule has 0 bridgehead atoms. The van der Waals surface area contributed by atoms with Gasteiger partial charge in [0.2, 0.25) is 0 Å². The molecule has 0 spiro atoms. The molecule has 1 aliphatic rings. The number of anilines is 1. The monoisotopic (exact) mass is 437 g/mol. The number of hydrogen-bond donors (Lipinski definition) is 0. The number of methoxy groups -OCH3 is 1. The fourth-order valence-corrected chi connectivity index (χ4v) is 4.12. The minimum atomic E-state index is -0.399. The Hall–Kier alpha value is -2.86. The van der Waals surface area contributed by atoms with Crippen molar-refractivity contribution in [1.82, 2.24) is 9.80 Å². The molecule has 1 unspecified atom stereocenters. The highest BCUT2D eigenvalue weighted by molar-refractivity contribution is 5.94. The van der Waals surface area contributed by atoms with Gasteiger partial charge in [0, 0.05) is 56.6 Å². The number of benzene rings is 2. The average molecular weight is 438 g/mol. The van der Waals surface area contributed by atoms with E-state index in [1.807, 2.05) is 54.6 Å². The van der Waals surface area contributed by atoms with Crippen molar-refractivity contribution in [2.24, 2.45) is 5.92 Å². The lowest BCUT2D eigenvalue weighted by molar-refractivity contribution is -0.145. The van der Waals surface area contributed by atoms with Gasteiger partial charge in [-0.05, 0) is 43.7 Å². The topological polar surface area (TPSA) is 53.1 Å². The van der Waals surface area contributed by atoms with Crippen LogP contribution in [-0.2, 0) is 16.1 Å². The zero-order valence-electron chi connectivity index (χ0n) is 19.7. The molecule has 1 fully saturated rings. The molecule has 1 aliphatic heterocycles. The molecule has 1 atom stereocenters. The SMILES string of the molecule is COC(=O)C(C)CN(Cc1ccccc1)C(=O)c1ccc(N2CCN(C(C)C)CC2)cc1. The summed E-state index contributed by atoms with van der Waals surface area (Å²) in [5, 5.41) is 0. The van der Waals surface area contributed by atoms with E-state index >= 15 is 0 Å². The summed E-state index contributed by atoms with van der Waals surface area (Å²) in [6.45, 7) is 11.1. The van der Waals surface area contributed by atoms with Gasteiger partial charge in [-0.3, -0.25) is 14.5 Å². The van der Waals surface area contributed by atoms with E-state index < -0.39 is 5.92 Å². The summed E-state index contributed by atoms with van der Waals surface area (Å²) in [7, 11) is 1.38. The molecule has 0 radical (unpaired) electrons. The molecule has 1 amide bonds. The molecule has 0 N–H and O–H groups in total. The van der Waals surface area contributed by atoms with Gasteiger partial charge < -0.3 is 14.5 Å². The quantitative estimate of drug-likeness (QED) is 0.590. The van der Waals surface area contributed by atoms with Crippen LogP contribution in [0.4, 0.5) is 5.69 Å². The van der Waals surface area contributed by atoms with E-state index in [2.05, 4.69) is 23.6 Å². The number of nitrogens with zero attached hydrogens (tertiary/aromatic N) is 3. The van der Waals surface area contributed by atoms with Crippen molar-refractivity contribution in [2.45, 2.75) is 33.4 Å². The first kappa shape index (κ1) is 23.8. The Morgan fingerprint density at radius 2 is 1.56 bits per heavy atom. The van der Waals surface area contributed by atoms with E-state index in [0.717, 1.165) is 37.4 Å². The maximum absolute atomic E-state index is 13.4. The van der Waals surface area contributed by atoms with Gasteiger partial charge in [-0.15, -0.1) is 0 Å². The van der Waals surface area contributed by atoms with E-state index in [4.69, 9.17) is 4.74 Å². The van der Waals surface area contributed by atoms with Crippen LogP contribution in [0, 0.1) is 5.92 Å². The van der Waals surface area contributed by atoms with Gasteiger partial charge in [0.1, 0.15) is 0 Å². The molecule has 3 rings (SSSR count). The Balaban J connectivity index is 1.71. The van der Waals surface area contributed by atoms with Gasteiger partial charge in [-0.1, -0.05) is 37.3 Å². The van der Waals surface area contributed by atoms with Crippen LogP contribution in [-0.4, -0.2) is 67.6 Å². The maximum atomic E-state index is 13.4. The molecule has 0 aliphatic carbocycles. The van der Waals surface area contributed by atoms with Crippen molar-refractivity contribution in [3.05, 3.63) is 65.7 Å². The standard InChI is InChI=1S/C26H35N3O3/c1-20(2)27-14-16-28(17-15-27)24-12-10-23(11-13-24)25(30)29(18-21(3)26(31)32-4)19-22-8-6-5-7-9-22/h5-13,20-21H,14-19H2,1-4H3. The Bertz CT molecular complexity index is 875. The first-order valence-corrected chi connectivity index (χ1v) is 11.4. The second kappa shape index (κ2) is 11.1. The smallest absolute Gasteiger partial charge is 0.310 e. The number of rotatable bonds is 8. The van der Waals surface area contributed by atoms with Crippen LogP contribution in [0.25, 0.3) is 0 Å². The summed E-state index contributed by atoms with van der Waals surface area (Å²) >= 11 is 0. The lowest BCUT2D eigenvalue weighted by Crippen LogP contribution is -2.48. The average Bonchev–Trinajstić information content (AvgIpc) is 2.83. The predicted octanol–water partition coefficient (Wildman–Crippen LogP) is 3.67. The van der Waals surface area contributed by atoms with Crippen molar-refractivity contribution >= 4 is 17.6 Å². The van der Waals surface area contributed by atoms with E-state index in [0.29, 0.717) is 24.7 Å². The highest BCUT2D eigenvalue weighted by Crippen LogP contribution is 2.20. The summed E-state index contributed by atoms with van der Waals surface area (Å²) in [4.78, 5) is 31.9. The third-order valence-electron chi connectivity index (χ3n) is 6.13. The summed E-state index contributed by atoms with van der Waals surface area (Å²) in [6.07, 6.45) is 0. The molecule has 6 heteroatoms. The van der Waals surface area contributed by atoms with Crippen molar-refractivity contribution in [2.75, 3.05) is 44.7 Å². The van der Waals surface area contributed by atoms with Gasteiger partial charge in [-0.2, -0.15) is 0 Å². The van der Waals surface area contributed by atoms with Gasteiger partial charge in [0.05, 0.1) is 13.0 Å². The third-order valence-corrected chi connectivity index (χ3v) is 6.13. The maximum Gasteiger partial charge on any atom is 0.310 e. The van der Waals surface area contributed by atoms with E-state index in [1.165, 1.54) is 7.11 Å². The first-order valence-electron chi connectivity index (χ1n) is 11.4. The predicted molar refractivity (Wildman–Crippen MR) is 128 cm³/mol. The summed E-state index contributed by atoms with van der Waals surface area (Å²) in [5.41, 5.74) is 2.79. The van der Waals surface area contributed by atoms with E-state index in [9.17, 15) is 9.59 Å². The molecular formula is C26H35N3O3. The highest BCUT2D eigenvalue weighted by Gasteiger charge is 2.24. The number of carbonyl (C=O) groups excluding carboxylic acids is 2. The number of amides is 1. The largest absolute Gasteiger partial charge is 0.469 e. The molecule has 1 saturated heterocycles. The van der Waals surface area contributed by atoms with Gasteiger partial charge >= 0.3 is 5.97 Å². The van der Waals surface area contributed by atoms with Crippen molar-refractivity contribution < 1.29 is 14.3 Å². The zero-order chi connectivity index (χ0) is 23.1. The van der Waals surface area contributed by atoms with Gasteiger partial charge in [0.15, 0.2) is 0 Å². The molecule has 2 aromatic carbocycles. The van der Waals surface area contributed by atoms with Crippen LogP contribution < -0.4 is 4.90 Å². The highest BCUT2D eigenvalue weighted by atomic mass is 16.5. The molecule has 0 aromatic heterocycles. The first-order chi connectivity index (χ1) is 15.4.